The fourth-order valence-electron chi connectivity index (χ4n) is 2.46. The molecule has 3 heteroatoms. The first kappa shape index (κ1) is 11.1. The second kappa shape index (κ2) is 4.24. The van der Waals surface area contributed by atoms with Gasteiger partial charge in [-0.25, -0.2) is 4.39 Å². The summed E-state index contributed by atoms with van der Waals surface area (Å²) in [5.41, 5.74) is 2.01. The number of rotatable bonds is 1. The van der Waals surface area contributed by atoms with E-state index in [4.69, 9.17) is 0 Å². The van der Waals surface area contributed by atoms with Gasteiger partial charge in [0.15, 0.2) is 0 Å². The molecule has 0 spiro atoms. The maximum atomic E-state index is 13.0. The summed E-state index contributed by atoms with van der Waals surface area (Å²) < 4.78 is 13.0. The van der Waals surface area contributed by atoms with Crippen molar-refractivity contribution in [1.82, 2.24) is 0 Å². The lowest BCUT2D eigenvalue weighted by Gasteiger charge is -2.39. The average molecular weight is 221 g/mol. The maximum Gasteiger partial charge on any atom is 0.224 e. The van der Waals surface area contributed by atoms with Crippen LogP contribution < -0.4 is 4.90 Å². The van der Waals surface area contributed by atoms with E-state index in [-0.39, 0.29) is 17.9 Å². The Morgan fingerprint density at radius 1 is 1.50 bits per heavy atom. The number of hydrogen-bond donors (Lipinski definition) is 0. The fourth-order valence-corrected chi connectivity index (χ4v) is 2.46. The van der Waals surface area contributed by atoms with Crippen molar-refractivity contribution in [3.05, 3.63) is 29.8 Å². The van der Waals surface area contributed by atoms with Crippen LogP contribution in [0.3, 0.4) is 0 Å². The molecule has 1 aliphatic rings. The molecule has 0 aliphatic carbocycles. The molecule has 1 aliphatic heterocycles. The molecule has 2 rings (SSSR count). The van der Waals surface area contributed by atoms with Gasteiger partial charge in [-0.1, -0.05) is 25.1 Å². The number of anilines is 1. The lowest BCUT2D eigenvalue weighted by Crippen LogP contribution is -2.48. The van der Waals surface area contributed by atoms with Gasteiger partial charge in [-0.15, -0.1) is 0 Å². The number of alkyl halides is 1. The van der Waals surface area contributed by atoms with Crippen molar-refractivity contribution < 1.29 is 9.18 Å². The minimum atomic E-state index is -0.477. The van der Waals surface area contributed by atoms with Crippen molar-refractivity contribution in [2.45, 2.75) is 26.3 Å². The number of fused-ring (bicyclic) bond motifs is 1. The zero-order chi connectivity index (χ0) is 11.7. The molecule has 0 bridgehead atoms. The van der Waals surface area contributed by atoms with Crippen molar-refractivity contribution in [1.29, 1.82) is 0 Å². The normalized spacial score (nSPS) is 24.1. The van der Waals surface area contributed by atoms with Gasteiger partial charge < -0.3 is 4.90 Å². The highest BCUT2D eigenvalue weighted by atomic mass is 19.1. The average Bonchev–Trinajstić information content (AvgIpc) is 2.26. The van der Waals surface area contributed by atoms with Crippen LogP contribution in [0.2, 0.25) is 0 Å². The molecule has 1 heterocycles. The molecule has 16 heavy (non-hydrogen) atoms. The molecular formula is C13H16FNO. The second-order valence-electron chi connectivity index (χ2n) is 4.42. The van der Waals surface area contributed by atoms with Gasteiger partial charge >= 0.3 is 0 Å². The summed E-state index contributed by atoms with van der Waals surface area (Å²) in [4.78, 5) is 13.2. The number of carbonyl (C=O) groups is 1. The Morgan fingerprint density at radius 3 is 2.81 bits per heavy atom. The van der Waals surface area contributed by atoms with Crippen LogP contribution >= 0.6 is 0 Å². The topological polar surface area (TPSA) is 20.3 Å². The van der Waals surface area contributed by atoms with E-state index in [0.717, 1.165) is 17.7 Å². The fraction of sp³-hybridized carbons (Fsp3) is 0.462. The number of carbonyl (C=O) groups excluding carboxylic acids is 1. The second-order valence-corrected chi connectivity index (χ2v) is 4.42. The van der Waals surface area contributed by atoms with Crippen LogP contribution in [-0.2, 0) is 11.2 Å². The predicted molar refractivity (Wildman–Crippen MR) is 62.2 cm³/mol. The highest BCUT2D eigenvalue weighted by molar-refractivity contribution is 5.93. The Balaban J connectivity index is 2.48. The summed E-state index contributed by atoms with van der Waals surface area (Å²) >= 11 is 0. The van der Waals surface area contributed by atoms with Gasteiger partial charge in [0, 0.05) is 12.6 Å². The quantitative estimate of drug-likeness (QED) is 0.713. The largest absolute Gasteiger partial charge is 0.306 e. The van der Waals surface area contributed by atoms with E-state index in [1.54, 1.807) is 4.90 Å². The zero-order valence-corrected chi connectivity index (χ0v) is 9.61. The molecule has 0 saturated heterocycles. The molecule has 2 atom stereocenters. The Kier molecular flexibility index (Phi) is 2.95. The molecular weight excluding hydrogens is 205 g/mol. The van der Waals surface area contributed by atoms with Gasteiger partial charge in [-0.2, -0.15) is 0 Å². The number of amides is 1. The molecule has 1 amide bonds. The molecule has 0 aromatic heterocycles. The van der Waals surface area contributed by atoms with E-state index in [9.17, 15) is 9.18 Å². The van der Waals surface area contributed by atoms with Crippen LogP contribution in [0.15, 0.2) is 24.3 Å². The number of halogens is 1. The molecule has 0 saturated carbocycles. The lowest BCUT2D eigenvalue weighted by molar-refractivity contribution is -0.117. The standard InChI is InChI=1S/C13H16FNO/c1-9-7-11-5-3-4-6-12(11)15(10(2)16)13(9)8-14/h3-6,9,13H,7-8H2,1-2H3/t9-,13+/m1/s1. The van der Waals surface area contributed by atoms with Crippen molar-refractivity contribution in [2.75, 3.05) is 11.6 Å². The van der Waals surface area contributed by atoms with Gasteiger partial charge in [0.05, 0.1) is 6.04 Å². The van der Waals surface area contributed by atoms with Crippen molar-refractivity contribution in [2.24, 2.45) is 5.92 Å². The monoisotopic (exact) mass is 221 g/mol. The highest BCUT2D eigenvalue weighted by Crippen LogP contribution is 2.33. The summed E-state index contributed by atoms with van der Waals surface area (Å²) in [5.74, 6) is 0.0884. The van der Waals surface area contributed by atoms with Crippen LogP contribution in [0.5, 0.6) is 0 Å². The molecule has 0 radical (unpaired) electrons. The van der Waals surface area contributed by atoms with Gasteiger partial charge in [0.2, 0.25) is 5.91 Å². The van der Waals surface area contributed by atoms with Gasteiger partial charge in [-0.05, 0) is 24.0 Å². The Bertz CT molecular complexity index is 405. The number of nitrogens with zero attached hydrogens (tertiary/aromatic N) is 1. The Labute approximate surface area is 95.1 Å². The van der Waals surface area contributed by atoms with E-state index in [1.807, 2.05) is 31.2 Å². The van der Waals surface area contributed by atoms with Crippen LogP contribution in [0.1, 0.15) is 19.4 Å². The van der Waals surface area contributed by atoms with Crippen molar-refractivity contribution >= 4 is 11.6 Å². The molecule has 86 valence electrons. The SMILES string of the molecule is CC(=O)N1c2ccccc2C[C@@H](C)[C@@H]1CF. The number of benzene rings is 1. The number of hydrogen-bond acceptors (Lipinski definition) is 1. The Hall–Kier alpha value is -1.38. The summed E-state index contributed by atoms with van der Waals surface area (Å²) in [7, 11) is 0. The van der Waals surface area contributed by atoms with Gasteiger partial charge in [-0.3, -0.25) is 4.79 Å². The lowest BCUT2D eigenvalue weighted by atomic mass is 9.87. The van der Waals surface area contributed by atoms with E-state index < -0.39 is 6.67 Å². The van der Waals surface area contributed by atoms with E-state index in [2.05, 4.69) is 0 Å². The predicted octanol–water partition coefficient (Wildman–Crippen LogP) is 2.57. The van der Waals surface area contributed by atoms with Crippen LogP contribution in [0.4, 0.5) is 10.1 Å². The van der Waals surface area contributed by atoms with E-state index >= 15 is 0 Å². The minimum Gasteiger partial charge on any atom is -0.306 e. The Morgan fingerprint density at radius 2 is 2.19 bits per heavy atom. The number of para-hydroxylation sites is 1. The van der Waals surface area contributed by atoms with Crippen molar-refractivity contribution in [3.8, 4) is 0 Å². The third kappa shape index (κ3) is 1.70. The molecule has 0 N–H and O–H groups in total. The summed E-state index contributed by atoms with van der Waals surface area (Å²) in [5, 5.41) is 0. The van der Waals surface area contributed by atoms with E-state index in [1.165, 1.54) is 6.92 Å². The van der Waals surface area contributed by atoms with Crippen LogP contribution in [0, 0.1) is 5.92 Å². The van der Waals surface area contributed by atoms with Crippen LogP contribution in [-0.4, -0.2) is 18.6 Å². The van der Waals surface area contributed by atoms with Crippen molar-refractivity contribution in [3.63, 3.8) is 0 Å². The first-order chi connectivity index (χ1) is 7.65. The van der Waals surface area contributed by atoms with Gasteiger partial charge in [0.1, 0.15) is 6.67 Å². The first-order valence-corrected chi connectivity index (χ1v) is 5.58. The smallest absolute Gasteiger partial charge is 0.224 e. The third-order valence-electron chi connectivity index (χ3n) is 3.28. The van der Waals surface area contributed by atoms with Gasteiger partial charge in [0.25, 0.3) is 0 Å². The molecule has 0 fully saturated rings. The van der Waals surface area contributed by atoms with E-state index in [0.29, 0.717) is 0 Å². The summed E-state index contributed by atoms with van der Waals surface area (Å²) in [6.45, 7) is 3.02. The summed E-state index contributed by atoms with van der Waals surface area (Å²) in [6, 6.07) is 7.44. The first-order valence-electron chi connectivity index (χ1n) is 5.58. The summed E-state index contributed by atoms with van der Waals surface area (Å²) in [6.07, 6.45) is 0.842. The zero-order valence-electron chi connectivity index (χ0n) is 9.61. The molecule has 1 aromatic carbocycles. The van der Waals surface area contributed by atoms with Crippen LogP contribution in [0.25, 0.3) is 0 Å². The molecule has 0 unspecified atom stereocenters. The highest BCUT2D eigenvalue weighted by Gasteiger charge is 2.33. The molecule has 1 aromatic rings. The molecule has 2 nitrogen and oxygen atoms in total. The minimum absolute atomic E-state index is 0.0818. The maximum absolute atomic E-state index is 13.0. The third-order valence-corrected chi connectivity index (χ3v) is 3.28.